The first kappa shape index (κ1) is 20.0. The van der Waals surface area contributed by atoms with Crippen molar-refractivity contribution in [1.29, 1.82) is 0 Å². The van der Waals surface area contributed by atoms with Gasteiger partial charge in [0.05, 0.1) is 17.9 Å². The van der Waals surface area contributed by atoms with Gasteiger partial charge in [-0.25, -0.2) is 4.98 Å². The second-order valence-electron chi connectivity index (χ2n) is 6.67. The number of carbonyl (C=O) groups excluding carboxylic acids is 1. The van der Waals surface area contributed by atoms with Gasteiger partial charge in [0, 0.05) is 17.4 Å². The number of ether oxygens (including phenoxy) is 1. The molecule has 0 fully saturated rings. The number of amides is 1. The molecule has 148 valence electrons. The van der Waals surface area contributed by atoms with Crippen LogP contribution in [0.3, 0.4) is 0 Å². The lowest BCUT2D eigenvalue weighted by Crippen LogP contribution is -2.25. The van der Waals surface area contributed by atoms with Gasteiger partial charge in [0.25, 0.3) is 5.56 Å². The molecule has 0 aliphatic rings. The maximum Gasteiger partial charge on any atom is 0.278 e. The molecule has 2 heterocycles. The highest BCUT2D eigenvalue weighted by Crippen LogP contribution is 2.22. The monoisotopic (exact) mass is 400 g/mol. The molecule has 0 unspecified atom stereocenters. The number of H-pyrrole nitrogens is 1. The van der Waals surface area contributed by atoms with Crippen molar-refractivity contribution in [3.05, 3.63) is 46.4 Å². The number of aromatic amines is 1. The smallest absolute Gasteiger partial charge is 0.278 e. The maximum atomic E-state index is 12.8. The Morgan fingerprint density at radius 3 is 2.68 bits per heavy atom. The van der Waals surface area contributed by atoms with Gasteiger partial charge in [0.2, 0.25) is 5.91 Å². The molecule has 1 aromatic carbocycles. The maximum absolute atomic E-state index is 12.8. The molecule has 0 aliphatic carbocycles. The molecule has 3 rings (SSSR count). The summed E-state index contributed by atoms with van der Waals surface area (Å²) in [6, 6.07) is 8.99. The number of carbonyl (C=O) groups is 1. The van der Waals surface area contributed by atoms with Gasteiger partial charge in [-0.1, -0.05) is 11.8 Å². The standard InChI is InChI=1S/C20H24N4O3S/c1-5-27-15-8-6-14(7-9-15)22-17(25)11-28-20-23-16-10-13(4)21-18(16)19(26)24(20)12(2)3/h6-10,12,21H,5,11H2,1-4H3,(H,22,25). The molecule has 0 radical (unpaired) electrons. The highest BCUT2D eigenvalue weighted by atomic mass is 32.2. The molecular formula is C20H24N4O3S. The summed E-state index contributed by atoms with van der Waals surface area (Å²) < 4.78 is 7.01. The van der Waals surface area contributed by atoms with E-state index in [-0.39, 0.29) is 23.3 Å². The van der Waals surface area contributed by atoms with E-state index in [4.69, 9.17) is 4.74 Å². The van der Waals surface area contributed by atoms with Crippen LogP contribution in [0.4, 0.5) is 5.69 Å². The second kappa shape index (κ2) is 8.52. The van der Waals surface area contributed by atoms with Crippen LogP contribution in [0.1, 0.15) is 32.5 Å². The molecule has 1 amide bonds. The van der Waals surface area contributed by atoms with Crippen LogP contribution in [0.25, 0.3) is 11.0 Å². The summed E-state index contributed by atoms with van der Waals surface area (Å²) in [4.78, 5) is 32.8. The summed E-state index contributed by atoms with van der Waals surface area (Å²) in [5, 5.41) is 3.38. The summed E-state index contributed by atoms with van der Waals surface area (Å²) in [7, 11) is 0. The topological polar surface area (TPSA) is 89.0 Å². The van der Waals surface area contributed by atoms with Crippen LogP contribution in [-0.4, -0.2) is 32.8 Å². The van der Waals surface area contributed by atoms with Crippen LogP contribution >= 0.6 is 11.8 Å². The van der Waals surface area contributed by atoms with Crippen molar-refractivity contribution in [3.63, 3.8) is 0 Å². The minimum atomic E-state index is -0.163. The van der Waals surface area contributed by atoms with E-state index in [9.17, 15) is 9.59 Å². The molecular weight excluding hydrogens is 376 g/mol. The first-order valence-corrected chi connectivity index (χ1v) is 10.1. The van der Waals surface area contributed by atoms with Gasteiger partial charge in [-0.05, 0) is 58.0 Å². The van der Waals surface area contributed by atoms with Crippen molar-refractivity contribution < 1.29 is 9.53 Å². The van der Waals surface area contributed by atoms with E-state index in [2.05, 4.69) is 15.3 Å². The van der Waals surface area contributed by atoms with Gasteiger partial charge in [0.1, 0.15) is 11.3 Å². The molecule has 7 nitrogen and oxygen atoms in total. The Kier molecular flexibility index (Phi) is 6.08. The Morgan fingerprint density at radius 2 is 2.04 bits per heavy atom. The summed E-state index contributed by atoms with van der Waals surface area (Å²) in [6.45, 7) is 8.25. The van der Waals surface area contributed by atoms with Crippen LogP contribution in [-0.2, 0) is 4.79 Å². The number of nitrogens with one attached hydrogen (secondary N) is 2. The largest absolute Gasteiger partial charge is 0.494 e. The third-order valence-corrected chi connectivity index (χ3v) is 5.04. The summed E-state index contributed by atoms with van der Waals surface area (Å²) in [5.74, 6) is 0.751. The molecule has 0 bridgehead atoms. The number of hydrogen-bond donors (Lipinski definition) is 2. The molecule has 0 aliphatic heterocycles. The van der Waals surface area contributed by atoms with Crippen LogP contribution in [0.2, 0.25) is 0 Å². The zero-order valence-corrected chi connectivity index (χ0v) is 17.2. The van der Waals surface area contributed by atoms with Crippen molar-refractivity contribution in [3.8, 4) is 5.75 Å². The Labute approximate surface area is 167 Å². The molecule has 0 atom stereocenters. The molecule has 8 heteroatoms. The van der Waals surface area contributed by atoms with Crippen molar-refractivity contribution in [1.82, 2.24) is 14.5 Å². The van der Waals surface area contributed by atoms with Crippen LogP contribution < -0.4 is 15.6 Å². The Bertz CT molecular complexity index is 1040. The van der Waals surface area contributed by atoms with Crippen molar-refractivity contribution in [2.45, 2.75) is 38.9 Å². The number of rotatable bonds is 7. The van der Waals surface area contributed by atoms with E-state index in [1.165, 1.54) is 11.8 Å². The first-order chi connectivity index (χ1) is 13.4. The number of nitrogens with zero attached hydrogens (tertiary/aromatic N) is 2. The predicted molar refractivity (Wildman–Crippen MR) is 112 cm³/mol. The lowest BCUT2D eigenvalue weighted by molar-refractivity contribution is -0.113. The Morgan fingerprint density at radius 1 is 1.32 bits per heavy atom. The van der Waals surface area contributed by atoms with Crippen molar-refractivity contribution in [2.24, 2.45) is 0 Å². The predicted octanol–water partition coefficient (Wildman–Crippen LogP) is 3.74. The van der Waals surface area contributed by atoms with Gasteiger partial charge < -0.3 is 15.0 Å². The first-order valence-electron chi connectivity index (χ1n) is 9.16. The number of benzene rings is 1. The van der Waals surface area contributed by atoms with E-state index in [1.54, 1.807) is 16.7 Å². The third-order valence-electron chi connectivity index (χ3n) is 4.08. The number of hydrogen-bond acceptors (Lipinski definition) is 5. The van der Waals surface area contributed by atoms with Gasteiger partial charge >= 0.3 is 0 Å². The average molecular weight is 401 g/mol. The van der Waals surface area contributed by atoms with Gasteiger partial charge in [-0.2, -0.15) is 0 Å². The molecule has 0 saturated carbocycles. The third kappa shape index (κ3) is 4.39. The quantitative estimate of drug-likeness (QED) is 0.466. The normalized spacial score (nSPS) is 11.2. The lowest BCUT2D eigenvalue weighted by atomic mass is 10.3. The lowest BCUT2D eigenvalue weighted by Gasteiger charge is -2.15. The zero-order chi connectivity index (χ0) is 20.3. The van der Waals surface area contributed by atoms with E-state index in [0.717, 1.165) is 11.4 Å². The molecule has 0 saturated heterocycles. The van der Waals surface area contributed by atoms with E-state index in [1.807, 2.05) is 45.9 Å². The van der Waals surface area contributed by atoms with Gasteiger partial charge in [0.15, 0.2) is 5.16 Å². The fourth-order valence-corrected chi connectivity index (χ4v) is 3.80. The highest BCUT2D eigenvalue weighted by molar-refractivity contribution is 7.99. The second-order valence-corrected chi connectivity index (χ2v) is 7.61. The Hall–Kier alpha value is -2.74. The number of fused-ring (bicyclic) bond motifs is 1. The molecule has 3 aromatic rings. The van der Waals surface area contributed by atoms with Crippen molar-refractivity contribution >= 4 is 34.4 Å². The highest BCUT2D eigenvalue weighted by Gasteiger charge is 2.16. The van der Waals surface area contributed by atoms with Gasteiger partial charge in [-0.15, -0.1) is 0 Å². The number of thioether (sulfide) groups is 1. The van der Waals surface area contributed by atoms with Gasteiger partial charge in [-0.3, -0.25) is 14.2 Å². The minimum Gasteiger partial charge on any atom is -0.494 e. The van der Waals surface area contributed by atoms with Crippen LogP contribution in [0.5, 0.6) is 5.75 Å². The van der Waals surface area contributed by atoms with Crippen LogP contribution in [0.15, 0.2) is 40.3 Å². The summed E-state index contributed by atoms with van der Waals surface area (Å²) >= 11 is 1.25. The van der Waals surface area contributed by atoms with E-state index in [0.29, 0.717) is 28.5 Å². The number of anilines is 1. The number of aryl methyl sites for hydroxylation is 1. The fourth-order valence-electron chi connectivity index (χ4n) is 2.88. The van der Waals surface area contributed by atoms with Crippen molar-refractivity contribution in [2.75, 3.05) is 17.7 Å². The average Bonchev–Trinajstić information content (AvgIpc) is 3.02. The van der Waals surface area contributed by atoms with E-state index >= 15 is 0 Å². The fraction of sp³-hybridized carbons (Fsp3) is 0.350. The molecule has 28 heavy (non-hydrogen) atoms. The minimum absolute atomic E-state index is 0.0651. The summed E-state index contributed by atoms with van der Waals surface area (Å²) in [6.07, 6.45) is 0. The van der Waals surface area contributed by atoms with E-state index < -0.39 is 0 Å². The molecule has 0 spiro atoms. The summed E-state index contributed by atoms with van der Waals surface area (Å²) in [5.41, 5.74) is 2.57. The number of aromatic nitrogens is 3. The SMILES string of the molecule is CCOc1ccc(NC(=O)CSc2nc3cc(C)[nH]c3c(=O)n2C(C)C)cc1. The molecule has 2 N–H and O–H groups in total. The Balaban J connectivity index is 1.74. The molecule has 2 aromatic heterocycles. The zero-order valence-electron chi connectivity index (χ0n) is 16.4. The van der Waals surface area contributed by atoms with Crippen LogP contribution in [0, 0.1) is 6.92 Å².